The topological polar surface area (TPSA) is 76.5 Å². The summed E-state index contributed by atoms with van der Waals surface area (Å²) in [4.78, 5) is 22.7. The molecule has 0 spiro atoms. The maximum atomic E-state index is 5.43. The van der Waals surface area contributed by atoms with Crippen LogP contribution in [0.4, 0.5) is 11.9 Å². The Kier molecular flexibility index (Phi) is 4.48. The molecule has 2 aliphatic heterocycles. The van der Waals surface area contributed by atoms with Crippen LogP contribution >= 0.6 is 0 Å². The van der Waals surface area contributed by atoms with E-state index in [-0.39, 0.29) is 0 Å². The molecule has 2 aromatic rings. The first-order valence-electron chi connectivity index (χ1n) is 8.23. The van der Waals surface area contributed by atoms with Gasteiger partial charge in [0.15, 0.2) is 5.82 Å². The molecule has 2 aliphatic rings. The molecule has 0 aromatic carbocycles. The van der Waals surface area contributed by atoms with Crippen LogP contribution in [0, 0.1) is 0 Å². The molecule has 0 atom stereocenters. The number of morpholine rings is 2. The molecule has 0 N–H and O–H groups in total. The van der Waals surface area contributed by atoms with Gasteiger partial charge in [-0.15, -0.1) is 0 Å². The molecule has 126 valence electrons. The summed E-state index contributed by atoms with van der Waals surface area (Å²) in [6.45, 7) is 5.91. The van der Waals surface area contributed by atoms with Crippen LogP contribution in [0.5, 0.6) is 0 Å². The van der Waals surface area contributed by atoms with Gasteiger partial charge in [0, 0.05) is 32.4 Å². The van der Waals surface area contributed by atoms with E-state index in [0.29, 0.717) is 44.1 Å². The lowest BCUT2D eigenvalue weighted by Crippen LogP contribution is -2.40. The Morgan fingerprint density at radius 3 is 1.83 bits per heavy atom. The van der Waals surface area contributed by atoms with Crippen LogP contribution in [-0.4, -0.2) is 72.5 Å². The highest BCUT2D eigenvalue weighted by molar-refractivity contribution is 5.54. The van der Waals surface area contributed by atoms with E-state index in [1.54, 1.807) is 6.20 Å². The van der Waals surface area contributed by atoms with Gasteiger partial charge in [-0.1, -0.05) is 6.07 Å². The molecule has 0 amide bonds. The minimum Gasteiger partial charge on any atom is -0.378 e. The third kappa shape index (κ3) is 3.29. The molecule has 24 heavy (non-hydrogen) atoms. The lowest BCUT2D eigenvalue weighted by molar-refractivity contribution is 0.121. The predicted molar refractivity (Wildman–Crippen MR) is 89.1 cm³/mol. The summed E-state index contributed by atoms with van der Waals surface area (Å²) in [6.07, 6.45) is 1.75. The molecule has 8 heteroatoms. The largest absolute Gasteiger partial charge is 0.378 e. The first-order chi connectivity index (χ1) is 11.9. The second-order valence-electron chi connectivity index (χ2n) is 5.67. The molecule has 8 nitrogen and oxygen atoms in total. The molecule has 0 unspecified atom stereocenters. The lowest BCUT2D eigenvalue weighted by atomic mass is 10.3. The van der Waals surface area contributed by atoms with Crippen molar-refractivity contribution in [3.05, 3.63) is 24.4 Å². The van der Waals surface area contributed by atoms with E-state index in [1.165, 1.54) is 0 Å². The predicted octanol–water partition coefficient (Wildman–Crippen LogP) is 0.607. The van der Waals surface area contributed by atoms with Crippen molar-refractivity contribution in [3.8, 4) is 11.5 Å². The number of hydrogen-bond acceptors (Lipinski definition) is 8. The summed E-state index contributed by atoms with van der Waals surface area (Å²) < 4.78 is 10.9. The molecule has 4 rings (SSSR count). The average molecular weight is 328 g/mol. The number of anilines is 2. The van der Waals surface area contributed by atoms with E-state index >= 15 is 0 Å². The van der Waals surface area contributed by atoms with Crippen molar-refractivity contribution < 1.29 is 9.47 Å². The monoisotopic (exact) mass is 328 g/mol. The van der Waals surface area contributed by atoms with Crippen LogP contribution in [0.15, 0.2) is 24.4 Å². The molecule has 0 saturated carbocycles. The van der Waals surface area contributed by atoms with Crippen molar-refractivity contribution >= 4 is 11.9 Å². The fourth-order valence-electron chi connectivity index (χ4n) is 2.77. The van der Waals surface area contributed by atoms with E-state index in [2.05, 4.69) is 24.8 Å². The van der Waals surface area contributed by atoms with Crippen molar-refractivity contribution in [1.29, 1.82) is 0 Å². The fourth-order valence-corrected chi connectivity index (χ4v) is 2.77. The molecule has 0 bridgehead atoms. The van der Waals surface area contributed by atoms with Crippen LogP contribution in [0.1, 0.15) is 0 Å². The standard InChI is InChI=1S/C16H20N6O2/c1-2-4-17-13(3-1)14-18-15(21-5-9-23-10-6-21)20-16(19-14)22-7-11-24-12-8-22/h1-4H,5-12H2. The first kappa shape index (κ1) is 15.2. The van der Waals surface area contributed by atoms with Crippen molar-refractivity contribution in [2.24, 2.45) is 0 Å². The van der Waals surface area contributed by atoms with Gasteiger partial charge in [-0.2, -0.15) is 15.0 Å². The smallest absolute Gasteiger partial charge is 0.230 e. The molecule has 2 fully saturated rings. The fraction of sp³-hybridized carbons (Fsp3) is 0.500. The molecular formula is C16H20N6O2. The maximum Gasteiger partial charge on any atom is 0.230 e. The van der Waals surface area contributed by atoms with Crippen molar-refractivity contribution in [3.63, 3.8) is 0 Å². The maximum absolute atomic E-state index is 5.43. The van der Waals surface area contributed by atoms with E-state index in [1.807, 2.05) is 18.2 Å². The van der Waals surface area contributed by atoms with E-state index in [0.717, 1.165) is 31.9 Å². The van der Waals surface area contributed by atoms with Gasteiger partial charge in [-0.3, -0.25) is 4.98 Å². The lowest BCUT2D eigenvalue weighted by Gasteiger charge is -2.30. The highest BCUT2D eigenvalue weighted by Gasteiger charge is 2.21. The zero-order valence-electron chi connectivity index (χ0n) is 13.5. The summed E-state index contributed by atoms with van der Waals surface area (Å²) in [5.74, 6) is 1.99. The Hall–Kier alpha value is -2.32. The molecule has 4 heterocycles. The van der Waals surface area contributed by atoms with Gasteiger partial charge in [-0.05, 0) is 12.1 Å². The van der Waals surface area contributed by atoms with E-state index < -0.39 is 0 Å². The first-order valence-corrected chi connectivity index (χ1v) is 8.23. The average Bonchev–Trinajstić information content (AvgIpc) is 2.70. The van der Waals surface area contributed by atoms with Crippen LogP contribution in [-0.2, 0) is 9.47 Å². The van der Waals surface area contributed by atoms with Gasteiger partial charge in [-0.25, -0.2) is 0 Å². The van der Waals surface area contributed by atoms with Crippen LogP contribution in [0.2, 0.25) is 0 Å². The SMILES string of the molecule is c1ccc(-c2nc(N3CCOCC3)nc(N3CCOCC3)n2)nc1. The van der Waals surface area contributed by atoms with Crippen molar-refractivity contribution in [2.75, 3.05) is 62.4 Å². The summed E-state index contributed by atoms with van der Waals surface area (Å²) >= 11 is 0. The highest BCUT2D eigenvalue weighted by Crippen LogP contribution is 2.21. The third-order valence-corrected chi connectivity index (χ3v) is 4.09. The Morgan fingerprint density at radius 1 is 0.750 bits per heavy atom. The van der Waals surface area contributed by atoms with Gasteiger partial charge in [0.05, 0.1) is 26.4 Å². The van der Waals surface area contributed by atoms with Gasteiger partial charge >= 0.3 is 0 Å². The highest BCUT2D eigenvalue weighted by atomic mass is 16.5. The third-order valence-electron chi connectivity index (χ3n) is 4.09. The van der Waals surface area contributed by atoms with Crippen molar-refractivity contribution in [1.82, 2.24) is 19.9 Å². The van der Waals surface area contributed by atoms with Crippen LogP contribution in [0.25, 0.3) is 11.5 Å². The quantitative estimate of drug-likeness (QED) is 0.811. The Bertz CT molecular complexity index is 635. The van der Waals surface area contributed by atoms with Gasteiger partial charge < -0.3 is 19.3 Å². The van der Waals surface area contributed by atoms with Crippen molar-refractivity contribution in [2.45, 2.75) is 0 Å². The minimum atomic E-state index is 0.605. The molecule has 2 aromatic heterocycles. The summed E-state index contributed by atoms with van der Waals surface area (Å²) in [5, 5.41) is 0. The van der Waals surface area contributed by atoms with Gasteiger partial charge in [0.2, 0.25) is 11.9 Å². The van der Waals surface area contributed by atoms with Gasteiger partial charge in [0.25, 0.3) is 0 Å². The number of hydrogen-bond donors (Lipinski definition) is 0. The van der Waals surface area contributed by atoms with Crippen LogP contribution < -0.4 is 9.80 Å². The summed E-state index contributed by atoms with van der Waals surface area (Å²) in [6, 6.07) is 5.74. The van der Waals surface area contributed by atoms with Crippen LogP contribution in [0.3, 0.4) is 0 Å². The molecular weight excluding hydrogens is 308 g/mol. The summed E-state index contributed by atoms with van der Waals surface area (Å²) in [5.41, 5.74) is 0.754. The molecule has 0 aliphatic carbocycles. The Balaban J connectivity index is 1.72. The van der Waals surface area contributed by atoms with Gasteiger partial charge in [0.1, 0.15) is 5.69 Å². The number of rotatable bonds is 3. The normalized spacial score (nSPS) is 18.7. The zero-order valence-corrected chi connectivity index (χ0v) is 13.5. The Labute approximate surface area is 140 Å². The van der Waals surface area contributed by atoms with E-state index in [9.17, 15) is 0 Å². The zero-order chi connectivity index (χ0) is 16.2. The minimum absolute atomic E-state index is 0.605. The molecule has 0 radical (unpaired) electrons. The number of aromatic nitrogens is 4. The van der Waals surface area contributed by atoms with E-state index in [4.69, 9.17) is 14.5 Å². The number of ether oxygens (including phenoxy) is 2. The summed E-state index contributed by atoms with van der Waals surface area (Å²) in [7, 11) is 0. The number of pyridine rings is 1. The Morgan fingerprint density at radius 2 is 1.33 bits per heavy atom. The number of nitrogens with zero attached hydrogens (tertiary/aromatic N) is 6. The molecule has 2 saturated heterocycles. The second kappa shape index (κ2) is 7.06. The second-order valence-corrected chi connectivity index (χ2v) is 5.67.